The van der Waals surface area contributed by atoms with Crippen LogP contribution in [0.15, 0.2) is 54.6 Å². The number of aryl methyl sites for hydroxylation is 2. The van der Waals surface area contributed by atoms with Crippen molar-refractivity contribution in [1.29, 1.82) is 0 Å². The van der Waals surface area contributed by atoms with Crippen LogP contribution >= 0.6 is 0 Å². The minimum Gasteiger partial charge on any atom is -0.439 e. The summed E-state index contributed by atoms with van der Waals surface area (Å²) >= 11 is 0. The molecule has 0 saturated heterocycles. The second kappa shape index (κ2) is 12.2. The van der Waals surface area contributed by atoms with Gasteiger partial charge in [-0.05, 0) is 57.9 Å². The Hall–Kier alpha value is -2.67. The Bertz CT molecular complexity index is 1010. The quantitative estimate of drug-likeness (QED) is 0.381. The molecule has 1 atom stereocenters. The standard InChI is InChI=1S/C28H39N3O3/c1-20(2)18-33-19-25(32)16-30(21(3)4)17-27-23(6)29-31(24-10-8-7-9-11-24)28(27)34-26-14-12-22(5)13-15-26/h7-15,20-21,25,32H,16-19H2,1-6H3. The van der Waals surface area contributed by atoms with E-state index in [1.807, 2.05) is 66.2 Å². The topological polar surface area (TPSA) is 59.8 Å². The predicted molar refractivity (Wildman–Crippen MR) is 137 cm³/mol. The summed E-state index contributed by atoms with van der Waals surface area (Å²) in [6.07, 6.45) is -0.563. The summed E-state index contributed by atoms with van der Waals surface area (Å²) in [5.41, 5.74) is 4.03. The van der Waals surface area contributed by atoms with Crippen LogP contribution in [-0.2, 0) is 11.3 Å². The molecular weight excluding hydrogens is 426 g/mol. The fourth-order valence-electron chi connectivity index (χ4n) is 3.71. The molecule has 0 bridgehead atoms. The van der Waals surface area contributed by atoms with E-state index in [0.29, 0.717) is 38.1 Å². The molecule has 1 N–H and O–H groups in total. The first kappa shape index (κ1) is 25.9. The SMILES string of the molecule is Cc1ccc(Oc2c(CN(CC(O)COCC(C)C)C(C)C)c(C)nn2-c2ccccc2)cc1. The Labute approximate surface area is 204 Å². The molecule has 0 aliphatic heterocycles. The Morgan fingerprint density at radius 2 is 1.62 bits per heavy atom. The van der Waals surface area contributed by atoms with E-state index < -0.39 is 6.10 Å². The van der Waals surface area contributed by atoms with Crippen LogP contribution in [0.5, 0.6) is 11.6 Å². The lowest BCUT2D eigenvalue weighted by Gasteiger charge is -2.29. The average Bonchev–Trinajstić information content (AvgIpc) is 3.10. The zero-order valence-electron chi connectivity index (χ0n) is 21.4. The van der Waals surface area contributed by atoms with Crippen LogP contribution < -0.4 is 4.74 Å². The highest BCUT2D eigenvalue weighted by molar-refractivity contribution is 5.43. The number of aliphatic hydroxyl groups excluding tert-OH is 1. The summed E-state index contributed by atoms with van der Waals surface area (Å²) < 4.78 is 14.0. The fourth-order valence-corrected chi connectivity index (χ4v) is 3.71. The van der Waals surface area contributed by atoms with Gasteiger partial charge in [-0.25, -0.2) is 4.68 Å². The number of hydrogen-bond acceptors (Lipinski definition) is 5. The maximum absolute atomic E-state index is 10.6. The highest BCUT2D eigenvalue weighted by atomic mass is 16.5. The molecule has 1 heterocycles. The van der Waals surface area contributed by atoms with Crippen molar-refractivity contribution in [2.75, 3.05) is 19.8 Å². The molecule has 0 amide bonds. The van der Waals surface area contributed by atoms with Gasteiger partial charge >= 0.3 is 0 Å². The van der Waals surface area contributed by atoms with E-state index in [1.165, 1.54) is 5.56 Å². The summed E-state index contributed by atoms with van der Waals surface area (Å²) in [6.45, 7) is 14.7. The van der Waals surface area contributed by atoms with Crippen molar-refractivity contribution in [3.8, 4) is 17.3 Å². The van der Waals surface area contributed by atoms with Crippen molar-refractivity contribution < 1.29 is 14.6 Å². The van der Waals surface area contributed by atoms with Crippen LogP contribution in [0, 0.1) is 19.8 Å². The largest absolute Gasteiger partial charge is 0.439 e. The Balaban J connectivity index is 1.89. The monoisotopic (exact) mass is 465 g/mol. The van der Waals surface area contributed by atoms with Gasteiger partial charge in [0.05, 0.1) is 29.7 Å². The van der Waals surface area contributed by atoms with Crippen LogP contribution in [0.1, 0.15) is 44.5 Å². The van der Waals surface area contributed by atoms with Crippen LogP contribution in [-0.4, -0.2) is 51.7 Å². The molecule has 3 rings (SSSR count). The van der Waals surface area contributed by atoms with Crippen molar-refractivity contribution in [1.82, 2.24) is 14.7 Å². The summed E-state index contributed by atoms with van der Waals surface area (Å²) in [4.78, 5) is 2.24. The van der Waals surface area contributed by atoms with E-state index in [0.717, 1.165) is 22.7 Å². The summed E-state index contributed by atoms with van der Waals surface area (Å²) in [7, 11) is 0. The van der Waals surface area contributed by atoms with Crippen LogP contribution in [0.3, 0.4) is 0 Å². The highest BCUT2D eigenvalue weighted by Gasteiger charge is 2.24. The molecule has 34 heavy (non-hydrogen) atoms. The third kappa shape index (κ3) is 7.16. The minimum atomic E-state index is -0.563. The van der Waals surface area contributed by atoms with Gasteiger partial charge in [0.1, 0.15) is 5.75 Å². The van der Waals surface area contributed by atoms with Crippen molar-refractivity contribution in [2.24, 2.45) is 5.92 Å². The van der Waals surface area contributed by atoms with E-state index in [-0.39, 0.29) is 6.04 Å². The number of benzene rings is 2. The zero-order valence-corrected chi connectivity index (χ0v) is 21.4. The fraction of sp³-hybridized carbons (Fsp3) is 0.464. The van der Waals surface area contributed by atoms with E-state index in [9.17, 15) is 5.11 Å². The maximum atomic E-state index is 10.6. The van der Waals surface area contributed by atoms with Crippen molar-refractivity contribution in [2.45, 2.75) is 60.2 Å². The van der Waals surface area contributed by atoms with E-state index >= 15 is 0 Å². The molecule has 0 aliphatic rings. The molecule has 0 saturated carbocycles. The second-order valence-corrected chi connectivity index (χ2v) is 9.64. The van der Waals surface area contributed by atoms with Gasteiger partial charge in [0.2, 0.25) is 5.88 Å². The lowest BCUT2D eigenvalue weighted by atomic mass is 10.2. The van der Waals surface area contributed by atoms with Crippen molar-refractivity contribution in [3.05, 3.63) is 71.4 Å². The molecule has 1 aromatic heterocycles. The first-order chi connectivity index (χ1) is 16.2. The Morgan fingerprint density at radius 1 is 0.941 bits per heavy atom. The van der Waals surface area contributed by atoms with Gasteiger partial charge in [-0.2, -0.15) is 5.10 Å². The molecule has 6 heteroatoms. The van der Waals surface area contributed by atoms with Crippen molar-refractivity contribution >= 4 is 0 Å². The number of aromatic nitrogens is 2. The Morgan fingerprint density at radius 3 is 2.24 bits per heavy atom. The predicted octanol–water partition coefficient (Wildman–Crippen LogP) is 5.53. The van der Waals surface area contributed by atoms with Crippen LogP contribution in [0.2, 0.25) is 0 Å². The van der Waals surface area contributed by atoms with Crippen LogP contribution in [0.25, 0.3) is 5.69 Å². The van der Waals surface area contributed by atoms with E-state index in [4.69, 9.17) is 14.6 Å². The molecule has 0 radical (unpaired) electrons. The maximum Gasteiger partial charge on any atom is 0.227 e. The molecule has 2 aromatic carbocycles. The number of para-hydroxylation sites is 1. The van der Waals surface area contributed by atoms with Gasteiger partial charge in [-0.1, -0.05) is 49.7 Å². The molecule has 0 fully saturated rings. The number of aliphatic hydroxyl groups is 1. The van der Waals surface area contributed by atoms with Gasteiger partial charge in [0.25, 0.3) is 0 Å². The van der Waals surface area contributed by atoms with E-state index in [1.54, 1.807) is 0 Å². The zero-order chi connectivity index (χ0) is 24.7. The molecule has 1 unspecified atom stereocenters. The number of rotatable bonds is 12. The number of hydrogen-bond donors (Lipinski definition) is 1. The number of ether oxygens (including phenoxy) is 2. The summed E-state index contributed by atoms with van der Waals surface area (Å²) in [5.74, 6) is 1.91. The van der Waals surface area contributed by atoms with E-state index in [2.05, 4.69) is 39.5 Å². The average molecular weight is 466 g/mol. The van der Waals surface area contributed by atoms with Gasteiger partial charge in [-0.15, -0.1) is 0 Å². The smallest absolute Gasteiger partial charge is 0.227 e. The van der Waals surface area contributed by atoms with Crippen molar-refractivity contribution in [3.63, 3.8) is 0 Å². The van der Waals surface area contributed by atoms with Gasteiger partial charge in [0, 0.05) is 25.7 Å². The lowest BCUT2D eigenvalue weighted by Crippen LogP contribution is -2.39. The van der Waals surface area contributed by atoms with Gasteiger partial charge < -0.3 is 14.6 Å². The first-order valence-corrected chi connectivity index (χ1v) is 12.1. The highest BCUT2D eigenvalue weighted by Crippen LogP contribution is 2.32. The second-order valence-electron chi connectivity index (χ2n) is 9.64. The first-order valence-electron chi connectivity index (χ1n) is 12.1. The third-order valence-electron chi connectivity index (χ3n) is 5.67. The third-order valence-corrected chi connectivity index (χ3v) is 5.67. The van der Waals surface area contributed by atoms with Gasteiger partial charge in [0.15, 0.2) is 0 Å². The van der Waals surface area contributed by atoms with Crippen LogP contribution in [0.4, 0.5) is 0 Å². The molecular formula is C28H39N3O3. The number of nitrogens with zero attached hydrogens (tertiary/aromatic N) is 3. The molecule has 0 aliphatic carbocycles. The molecule has 0 spiro atoms. The van der Waals surface area contributed by atoms with Gasteiger partial charge in [-0.3, -0.25) is 4.90 Å². The molecule has 184 valence electrons. The summed E-state index contributed by atoms with van der Waals surface area (Å²) in [6, 6.07) is 18.3. The lowest BCUT2D eigenvalue weighted by molar-refractivity contribution is 0.00161. The molecule has 3 aromatic rings. The molecule has 6 nitrogen and oxygen atoms in total. The Kier molecular flexibility index (Phi) is 9.28. The minimum absolute atomic E-state index is 0.228. The summed E-state index contributed by atoms with van der Waals surface area (Å²) in [5, 5.41) is 15.5. The normalized spacial score (nSPS) is 12.6.